The Balaban J connectivity index is 2.16. The molecule has 2 rings (SSSR count). The van der Waals surface area contributed by atoms with E-state index in [-0.39, 0.29) is 12.5 Å². The van der Waals surface area contributed by atoms with Crippen LogP contribution in [0.2, 0.25) is 0 Å². The summed E-state index contributed by atoms with van der Waals surface area (Å²) in [5, 5.41) is 9.05. The van der Waals surface area contributed by atoms with E-state index < -0.39 is 5.97 Å². The molecule has 0 spiro atoms. The van der Waals surface area contributed by atoms with Gasteiger partial charge in [0.2, 0.25) is 0 Å². The van der Waals surface area contributed by atoms with Gasteiger partial charge in [-0.25, -0.2) is 0 Å². The van der Waals surface area contributed by atoms with Gasteiger partial charge in [-0.2, -0.15) is 0 Å². The van der Waals surface area contributed by atoms with E-state index in [1.807, 2.05) is 6.07 Å². The standard InChI is InChI=1S/C18H27NO2/c1-14-8-6-7-11-17(14)19(13-12-18(20)21)15(2)16-9-4-3-5-10-16/h3-5,9-10,14-15,17H,6-8,11-13H2,1-2H3,(H,20,21). The minimum atomic E-state index is -0.705. The zero-order chi connectivity index (χ0) is 15.2. The highest BCUT2D eigenvalue weighted by Gasteiger charge is 2.30. The van der Waals surface area contributed by atoms with Crippen LogP contribution in [-0.4, -0.2) is 28.6 Å². The molecule has 3 heteroatoms. The van der Waals surface area contributed by atoms with E-state index in [0.29, 0.717) is 18.5 Å². The SMILES string of the molecule is CC1CCCCC1N(CCC(=O)O)C(C)c1ccccc1. The van der Waals surface area contributed by atoms with Crippen molar-refractivity contribution >= 4 is 5.97 Å². The molecule has 0 bridgehead atoms. The van der Waals surface area contributed by atoms with Gasteiger partial charge in [0.1, 0.15) is 0 Å². The average Bonchev–Trinajstić information content (AvgIpc) is 2.49. The molecule has 0 radical (unpaired) electrons. The van der Waals surface area contributed by atoms with E-state index in [1.54, 1.807) is 0 Å². The summed E-state index contributed by atoms with van der Waals surface area (Å²) in [6.45, 7) is 5.16. The Morgan fingerprint density at radius 1 is 1.29 bits per heavy atom. The van der Waals surface area contributed by atoms with Crippen molar-refractivity contribution in [1.82, 2.24) is 4.90 Å². The summed E-state index contributed by atoms with van der Waals surface area (Å²) in [4.78, 5) is 13.4. The Labute approximate surface area is 128 Å². The van der Waals surface area contributed by atoms with E-state index in [2.05, 4.69) is 43.0 Å². The number of carboxylic acid groups (broad SMARTS) is 1. The summed E-state index contributed by atoms with van der Waals surface area (Å²) >= 11 is 0. The van der Waals surface area contributed by atoms with Crippen molar-refractivity contribution in [2.24, 2.45) is 5.92 Å². The first kappa shape index (κ1) is 16.0. The fourth-order valence-electron chi connectivity index (χ4n) is 3.58. The average molecular weight is 289 g/mol. The van der Waals surface area contributed by atoms with E-state index in [9.17, 15) is 4.79 Å². The molecular formula is C18H27NO2. The minimum absolute atomic E-state index is 0.223. The molecule has 1 aliphatic carbocycles. The monoisotopic (exact) mass is 289 g/mol. The maximum absolute atomic E-state index is 11.0. The predicted molar refractivity (Wildman–Crippen MR) is 85.2 cm³/mol. The van der Waals surface area contributed by atoms with Crippen molar-refractivity contribution in [3.8, 4) is 0 Å². The summed E-state index contributed by atoms with van der Waals surface area (Å²) in [7, 11) is 0. The number of carbonyl (C=O) groups is 1. The van der Waals surface area contributed by atoms with Crippen LogP contribution in [-0.2, 0) is 4.79 Å². The molecule has 0 heterocycles. The molecular weight excluding hydrogens is 262 g/mol. The van der Waals surface area contributed by atoms with Crippen molar-refractivity contribution in [3.05, 3.63) is 35.9 Å². The number of benzene rings is 1. The zero-order valence-corrected chi connectivity index (χ0v) is 13.2. The minimum Gasteiger partial charge on any atom is -0.481 e. The molecule has 116 valence electrons. The van der Waals surface area contributed by atoms with Gasteiger partial charge in [0.25, 0.3) is 0 Å². The maximum Gasteiger partial charge on any atom is 0.304 e. The van der Waals surface area contributed by atoms with Gasteiger partial charge in [0.15, 0.2) is 0 Å². The molecule has 0 aromatic heterocycles. The van der Waals surface area contributed by atoms with Crippen LogP contribution in [0, 0.1) is 5.92 Å². The summed E-state index contributed by atoms with van der Waals surface area (Å²) in [6.07, 6.45) is 5.25. The highest BCUT2D eigenvalue weighted by molar-refractivity contribution is 5.66. The van der Waals surface area contributed by atoms with Crippen molar-refractivity contribution in [3.63, 3.8) is 0 Å². The molecule has 0 aliphatic heterocycles. The van der Waals surface area contributed by atoms with Gasteiger partial charge >= 0.3 is 5.97 Å². The van der Waals surface area contributed by atoms with Crippen molar-refractivity contribution in [1.29, 1.82) is 0 Å². The first-order valence-electron chi connectivity index (χ1n) is 8.12. The number of nitrogens with zero attached hydrogens (tertiary/aromatic N) is 1. The predicted octanol–water partition coefficient (Wildman–Crippen LogP) is 4.10. The van der Waals surface area contributed by atoms with Gasteiger partial charge < -0.3 is 5.11 Å². The highest BCUT2D eigenvalue weighted by atomic mass is 16.4. The van der Waals surface area contributed by atoms with Crippen molar-refractivity contribution < 1.29 is 9.90 Å². The molecule has 1 N–H and O–H groups in total. The van der Waals surface area contributed by atoms with E-state index in [1.165, 1.54) is 31.2 Å². The summed E-state index contributed by atoms with van der Waals surface area (Å²) < 4.78 is 0. The van der Waals surface area contributed by atoms with Crippen LogP contribution in [0.25, 0.3) is 0 Å². The first-order chi connectivity index (χ1) is 10.1. The number of aliphatic carboxylic acids is 1. The molecule has 21 heavy (non-hydrogen) atoms. The second-order valence-electron chi connectivity index (χ2n) is 6.30. The van der Waals surface area contributed by atoms with Crippen LogP contribution in [0.5, 0.6) is 0 Å². The highest BCUT2D eigenvalue weighted by Crippen LogP contribution is 2.33. The van der Waals surface area contributed by atoms with E-state index >= 15 is 0 Å². The molecule has 1 aliphatic rings. The summed E-state index contributed by atoms with van der Waals surface area (Å²) in [5.41, 5.74) is 1.28. The van der Waals surface area contributed by atoms with Gasteiger partial charge in [0, 0.05) is 18.6 Å². The molecule has 1 aromatic rings. The number of carboxylic acids is 1. The Morgan fingerprint density at radius 3 is 2.57 bits per heavy atom. The smallest absolute Gasteiger partial charge is 0.304 e. The van der Waals surface area contributed by atoms with Crippen molar-refractivity contribution in [2.75, 3.05) is 6.54 Å². The fraction of sp³-hybridized carbons (Fsp3) is 0.611. The summed E-state index contributed by atoms with van der Waals surface area (Å²) in [5.74, 6) is -0.0533. The van der Waals surface area contributed by atoms with Crippen LogP contribution in [0.15, 0.2) is 30.3 Å². The second-order valence-corrected chi connectivity index (χ2v) is 6.30. The lowest BCUT2D eigenvalue weighted by atomic mass is 9.83. The third-order valence-electron chi connectivity index (χ3n) is 4.86. The Hall–Kier alpha value is -1.35. The number of rotatable bonds is 6. The first-order valence-corrected chi connectivity index (χ1v) is 8.12. The largest absolute Gasteiger partial charge is 0.481 e. The molecule has 3 atom stereocenters. The van der Waals surface area contributed by atoms with Crippen LogP contribution < -0.4 is 0 Å². The van der Waals surface area contributed by atoms with E-state index in [4.69, 9.17) is 5.11 Å². The van der Waals surface area contributed by atoms with Crippen LogP contribution in [0.1, 0.15) is 57.6 Å². The Kier molecular flexibility index (Phi) is 5.80. The quantitative estimate of drug-likeness (QED) is 0.857. The lowest BCUT2D eigenvalue weighted by Gasteiger charge is -2.42. The van der Waals surface area contributed by atoms with Gasteiger partial charge in [0.05, 0.1) is 6.42 Å². The molecule has 1 fully saturated rings. The Bertz CT molecular complexity index is 446. The molecule has 1 aromatic carbocycles. The van der Waals surface area contributed by atoms with Crippen LogP contribution in [0.3, 0.4) is 0 Å². The van der Waals surface area contributed by atoms with Gasteiger partial charge in [-0.05, 0) is 31.2 Å². The molecule has 0 saturated heterocycles. The third-order valence-corrected chi connectivity index (χ3v) is 4.86. The van der Waals surface area contributed by atoms with E-state index in [0.717, 1.165) is 0 Å². The maximum atomic E-state index is 11.0. The number of hydrogen-bond acceptors (Lipinski definition) is 2. The normalized spacial score (nSPS) is 24.0. The molecule has 3 nitrogen and oxygen atoms in total. The van der Waals surface area contributed by atoms with Crippen LogP contribution >= 0.6 is 0 Å². The Morgan fingerprint density at radius 2 is 1.95 bits per heavy atom. The topological polar surface area (TPSA) is 40.5 Å². The van der Waals surface area contributed by atoms with Crippen LogP contribution in [0.4, 0.5) is 0 Å². The lowest BCUT2D eigenvalue weighted by molar-refractivity contribution is -0.137. The molecule has 0 amide bonds. The number of hydrogen-bond donors (Lipinski definition) is 1. The van der Waals surface area contributed by atoms with Gasteiger partial charge in [-0.15, -0.1) is 0 Å². The summed E-state index contributed by atoms with van der Waals surface area (Å²) in [6, 6.07) is 11.2. The molecule has 3 unspecified atom stereocenters. The third kappa shape index (κ3) is 4.31. The fourth-order valence-corrected chi connectivity index (χ4v) is 3.58. The van der Waals surface area contributed by atoms with Gasteiger partial charge in [-0.3, -0.25) is 9.69 Å². The second kappa shape index (κ2) is 7.60. The zero-order valence-electron chi connectivity index (χ0n) is 13.2. The van der Waals surface area contributed by atoms with Gasteiger partial charge in [-0.1, -0.05) is 50.1 Å². The van der Waals surface area contributed by atoms with Crippen molar-refractivity contribution in [2.45, 2.75) is 58.0 Å². The lowest BCUT2D eigenvalue weighted by Crippen LogP contribution is -2.44. The molecule has 1 saturated carbocycles.